The summed E-state index contributed by atoms with van der Waals surface area (Å²) in [5.74, 6) is -0.0979. The lowest BCUT2D eigenvalue weighted by atomic mass is 10.2. The van der Waals surface area contributed by atoms with Crippen molar-refractivity contribution in [3.63, 3.8) is 0 Å². The molecule has 1 aromatic heterocycles. The van der Waals surface area contributed by atoms with Crippen molar-refractivity contribution in [2.45, 2.75) is 25.9 Å². The number of fused-ring (bicyclic) bond motifs is 1. The van der Waals surface area contributed by atoms with Gasteiger partial charge < -0.3 is 9.30 Å². The molecule has 122 valence electrons. The Labute approximate surface area is 134 Å². The number of para-hydroxylation sites is 1. The predicted molar refractivity (Wildman–Crippen MR) is 86.7 cm³/mol. The molecule has 2 amide bonds. The van der Waals surface area contributed by atoms with Crippen LogP contribution in [0.15, 0.2) is 30.5 Å². The van der Waals surface area contributed by atoms with E-state index < -0.39 is 6.10 Å². The van der Waals surface area contributed by atoms with E-state index in [1.165, 1.54) is 12.8 Å². The SMILES string of the molecule is CC(OCC1CC1)C(=O)NNC(=O)c1cn(C)c2ccccc12. The molecule has 0 spiro atoms. The van der Waals surface area contributed by atoms with Crippen LogP contribution in [0.25, 0.3) is 10.9 Å². The average molecular weight is 315 g/mol. The van der Waals surface area contributed by atoms with E-state index in [1.807, 2.05) is 35.9 Å². The van der Waals surface area contributed by atoms with Crippen LogP contribution in [0.5, 0.6) is 0 Å². The van der Waals surface area contributed by atoms with Crippen LogP contribution in [0.2, 0.25) is 0 Å². The van der Waals surface area contributed by atoms with E-state index in [-0.39, 0.29) is 11.8 Å². The van der Waals surface area contributed by atoms with Crippen LogP contribution in [0.4, 0.5) is 0 Å². The van der Waals surface area contributed by atoms with Gasteiger partial charge in [-0.3, -0.25) is 20.4 Å². The first-order valence-electron chi connectivity index (χ1n) is 7.82. The van der Waals surface area contributed by atoms with Crippen molar-refractivity contribution in [3.8, 4) is 0 Å². The molecular weight excluding hydrogens is 294 g/mol. The second kappa shape index (κ2) is 6.42. The number of benzene rings is 1. The summed E-state index contributed by atoms with van der Waals surface area (Å²) in [5.41, 5.74) is 6.37. The summed E-state index contributed by atoms with van der Waals surface area (Å²) < 4.78 is 7.35. The summed E-state index contributed by atoms with van der Waals surface area (Å²) in [6.07, 6.45) is 3.51. The first kappa shape index (κ1) is 15.6. The number of aromatic nitrogens is 1. The number of nitrogens with one attached hydrogen (secondary N) is 2. The van der Waals surface area contributed by atoms with Crippen LogP contribution < -0.4 is 10.9 Å². The van der Waals surface area contributed by atoms with Crippen LogP contribution >= 0.6 is 0 Å². The summed E-state index contributed by atoms with van der Waals surface area (Å²) in [7, 11) is 1.88. The summed E-state index contributed by atoms with van der Waals surface area (Å²) >= 11 is 0. The zero-order chi connectivity index (χ0) is 16.4. The van der Waals surface area contributed by atoms with Gasteiger partial charge in [0, 0.05) is 24.1 Å². The lowest BCUT2D eigenvalue weighted by molar-refractivity contribution is -0.132. The maximum atomic E-state index is 12.3. The molecule has 1 fully saturated rings. The molecule has 1 aliphatic rings. The van der Waals surface area contributed by atoms with Gasteiger partial charge in [0.25, 0.3) is 11.8 Å². The topological polar surface area (TPSA) is 72.4 Å². The van der Waals surface area contributed by atoms with Gasteiger partial charge in [-0.15, -0.1) is 0 Å². The molecule has 0 aliphatic heterocycles. The van der Waals surface area contributed by atoms with Gasteiger partial charge in [-0.25, -0.2) is 0 Å². The molecule has 1 heterocycles. The molecule has 2 N–H and O–H groups in total. The Bertz CT molecular complexity index is 734. The van der Waals surface area contributed by atoms with Gasteiger partial charge in [-0.2, -0.15) is 0 Å². The van der Waals surface area contributed by atoms with Gasteiger partial charge in [0.2, 0.25) is 0 Å². The Kier molecular flexibility index (Phi) is 4.34. The standard InChI is InChI=1S/C17H21N3O3/c1-11(23-10-12-7-8-12)16(21)18-19-17(22)14-9-20(2)15-6-4-3-5-13(14)15/h3-6,9,11-12H,7-8,10H2,1-2H3,(H,18,21)(H,19,22). The minimum Gasteiger partial charge on any atom is -0.368 e. The number of hydrogen-bond acceptors (Lipinski definition) is 3. The van der Waals surface area contributed by atoms with Crippen molar-refractivity contribution in [1.29, 1.82) is 0 Å². The number of aryl methyl sites for hydroxylation is 1. The third-order valence-electron chi connectivity index (χ3n) is 4.09. The molecule has 3 rings (SSSR count). The molecule has 2 aromatic rings. The monoisotopic (exact) mass is 315 g/mol. The lowest BCUT2D eigenvalue weighted by Gasteiger charge is -2.13. The van der Waals surface area contributed by atoms with Gasteiger partial charge in [-0.05, 0) is 31.7 Å². The predicted octanol–water partition coefficient (Wildman–Crippen LogP) is 1.75. The molecule has 1 unspecified atom stereocenters. The number of amides is 2. The lowest BCUT2D eigenvalue weighted by Crippen LogP contribution is -2.46. The zero-order valence-corrected chi connectivity index (χ0v) is 13.3. The summed E-state index contributed by atoms with van der Waals surface area (Å²) in [4.78, 5) is 24.2. The number of hydrogen-bond donors (Lipinski definition) is 2. The van der Waals surface area contributed by atoms with E-state index >= 15 is 0 Å². The molecule has 1 atom stereocenters. The van der Waals surface area contributed by atoms with Crippen molar-refractivity contribution >= 4 is 22.7 Å². The fraction of sp³-hybridized carbons (Fsp3) is 0.412. The van der Waals surface area contributed by atoms with Gasteiger partial charge >= 0.3 is 0 Å². The van der Waals surface area contributed by atoms with Crippen molar-refractivity contribution in [2.75, 3.05) is 6.61 Å². The third kappa shape index (κ3) is 3.53. The smallest absolute Gasteiger partial charge is 0.271 e. The number of hydrazine groups is 1. The number of nitrogens with zero attached hydrogens (tertiary/aromatic N) is 1. The molecule has 0 bridgehead atoms. The second-order valence-electron chi connectivity index (χ2n) is 6.03. The highest BCUT2D eigenvalue weighted by atomic mass is 16.5. The fourth-order valence-electron chi connectivity index (χ4n) is 2.45. The van der Waals surface area contributed by atoms with E-state index in [9.17, 15) is 9.59 Å². The summed E-state index contributed by atoms with van der Waals surface area (Å²) in [6, 6.07) is 7.63. The van der Waals surface area contributed by atoms with Crippen LogP contribution in [-0.2, 0) is 16.6 Å². The maximum Gasteiger partial charge on any atom is 0.271 e. The molecule has 6 nitrogen and oxygen atoms in total. The highest BCUT2D eigenvalue weighted by molar-refractivity contribution is 6.07. The highest BCUT2D eigenvalue weighted by Gasteiger charge is 2.24. The molecule has 1 saturated carbocycles. The largest absolute Gasteiger partial charge is 0.368 e. The maximum absolute atomic E-state index is 12.3. The van der Waals surface area contributed by atoms with Gasteiger partial charge in [0.05, 0.1) is 12.2 Å². The Morgan fingerprint density at radius 1 is 1.30 bits per heavy atom. The Balaban J connectivity index is 1.58. The average Bonchev–Trinajstić information content (AvgIpc) is 3.33. The second-order valence-corrected chi connectivity index (χ2v) is 6.03. The van der Waals surface area contributed by atoms with Crippen molar-refractivity contribution < 1.29 is 14.3 Å². The summed E-state index contributed by atoms with van der Waals surface area (Å²) in [6.45, 7) is 2.29. The van der Waals surface area contributed by atoms with Crippen molar-refractivity contribution in [1.82, 2.24) is 15.4 Å². The first-order chi connectivity index (χ1) is 11.1. The molecular formula is C17H21N3O3. The third-order valence-corrected chi connectivity index (χ3v) is 4.09. The molecule has 1 aliphatic carbocycles. The molecule has 6 heteroatoms. The number of carbonyl (C=O) groups excluding carboxylic acids is 2. The molecule has 0 radical (unpaired) electrons. The minimum atomic E-state index is -0.580. The van der Waals surface area contributed by atoms with E-state index in [1.54, 1.807) is 13.1 Å². The fourth-order valence-corrected chi connectivity index (χ4v) is 2.45. The van der Waals surface area contributed by atoms with E-state index in [4.69, 9.17) is 4.74 Å². The number of ether oxygens (including phenoxy) is 1. The molecule has 1 aromatic carbocycles. The minimum absolute atomic E-state index is 0.343. The summed E-state index contributed by atoms with van der Waals surface area (Å²) in [5, 5.41) is 0.847. The van der Waals surface area contributed by atoms with Gasteiger partial charge in [0.1, 0.15) is 6.10 Å². The van der Waals surface area contributed by atoms with Gasteiger partial charge in [0.15, 0.2) is 0 Å². The first-order valence-corrected chi connectivity index (χ1v) is 7.82. The van der Waals surface area contributed by atoms with E-state index in [0.29, 0.717) is 18.1 Å². The van der Waals surface area contributed by atoms with Crippen molar-refractivity contribution in [3.05, 3.63) is 36.0 Å². The van der Waals surface area contributed by atoms with Crippen LogP contribution in [0.3, 0.4) is 0 Å². The quantitative estimate of drug-likeness (QED) is 0.826. The van der Waals surface area contributed by atoms with Crippen LogP contribution in [0.1, 0.15) is 30.1 Å². The Morgan fingerprint density at radius 2 is 2.04 bits per heavy atom. The Morgan fingerprint density at radius 3 is 2.78 bits per heavy atom. The van der Waals surface area contributed by atoms with Gasteiger partial charge in [-0.1, -0.05) is 18.2 Å². The van der Waals surface area contributed by atoms with E-state index in [0.717, 1.165) is 10.9 Å². The van der Waals surface area contributed by atoms with E-state index in [2.05, 4.69) is 10.9 Å². The normalized spacial score (nSPS) is 15.4. The highest BCUT2D eigenvalue weighted by Crippen LogP contribution is 2.29. The number of carbonyl (C=O) groups is 2. The molecule has 23 heavy (non-hydrogen) atoms. The van der Waals surface area contributed by atoms with Crippen LogP contribution in [0, 0.1) is 5.92 Å². The number of rotatable bonds is 5. The van der Waals surface area contributed by atoms with Crippen molar-refractivity contribution in [2.24, 2.45) is 13.0 Å². The zero-order valence-electron chi connectivity index (χ0n) is 13.3. The van der Waals surface area contributed by atoms with Crippen LogP contribution in [-0.4, -0.2) is 29.1 Å². The Hall–Kier alpha value is -2.34. The molecule has 0 saturated heterocycles.